The van der Waals surface area contributed by atoms with E-state index in [4.69, 9.17) is 22.4 Å². The predicted octanol–water partition coefficient (Wildman–Crippen LogP) is 1.82. The van der Waals surface area contributed by atoms with Crippen molar-refractivity contribution in [2.24, 2.45) is 0 Å². The number of benzene rings is 1. The number of carboxylic acid groups (broad SMARTS) is 1. The number of halogens is 1. The Morgan fingerprint density at radius 1 is 1.29 bits per heavy atom. The van der Waals surface area contributed by atoms with Gasteiger partial charge >= 0.3 is 5.97 Å². The minimum absolute atomic E-state index is 0.0317. The van der Waals surface area contributed by atoms with Gasteiger partial charge in [0.25, 0.3) is 10.0 Å². The van der Waals surface area contributed by atoms with E-state index in [0.29, 0.717) is 5.02 Å². The fraction of sp³-hybridized carbons (Fsp3) is 0. The zero-order valence-electron chi connectivity index (χ0n) is 10.4. The number of rotatable bonds is 4. The Hall–Kier alpha value is -2.32. The number of nitrogen functional groups attached to an aromatic ring is 1. The van der Waals surface area contributed by atoms with Crippen molar-refractivity contribution < 1.29 is 18.3 Å². The number of aromatic nitrogens is 1. The van der Waals surface area contributed by atoms with Gasteiger partial charge in [-0.15, -0.1) is 0 Å². The minimum atomic E-state index is -3.99. The molecule has 1 aromatic carbocycles. The van der Waals surface area contributed by atoms with Crippen molar-refractivity contribution in [3.8, 4) is 0 Å². The Morgan fingerprint density at radius 3 is 2.57 bits per heavy atom. The molecule has 0 aliphatic heterocycles. The van der Waals surface area contributed by atoms with Crippen LogP contribution in [0.15, 0.2) is 41.4 Å². The second-order valence-corrected chi connectivity index (χ2v) is 6.11. The van der Waals surface area contributed by atoms with Crippen LogP contribution in [0.25, 0.3) is 0 Å². The number of nitrogens with zero attached hydrogens (tertiary/aromatic N) is 1. The largest absolute Gasteiger partial charge is 0.478 e. The van der Waals surface area contributed by atoms with Crippen molar-refractivity contribution in [2.75, 3.05) is 10.5 Å². The van der Waals surface area contributed by atoms with Gasteiger partial charge in [0.2, 0.25) is 0 Å². The van der Waals surface area contributed by atoms with Gasteiger partial charge in [0.15, 0.2) is 0 Å². The summed E-state index contributed by atoms with van der Waals surface area (Å²) < 4.78 is 26.6. The molecule has 0 bridgehead atoms. The van der Waals surface area contributed by atoms with Gasteiger partial charge in [-0.2, -0.15) is 0 Å². The molecule has 1 aromatic heterocycles. The number of hydrogen-bond acceptors (Lipinski definition) is 5. The highest BCUT2D eigenvalue weighted by Crippen LogP contribution is 2.23. The summed E-state index contributed by atoms with van der Waals surface area (Å²) in [5.41, 5.74) is 5.32. The third-order valence-electron chi connectivity index (χ3n) is 2.51. The van der Waals surface area contributed by atoms with Gasteiger partial charge in [-0.1, -0.05) is 11.6 Å². The Labute approximate surface area is 125 Å². The highest BCUT2D eigenvalue weighted by Gasteiger charge is 2.19. The van der Waals surface area contributed by atoms with Crippen LogP contribution >= 0.6 is 11.6 Å². The Balaban J connectivity index is 2.38. The first-order valence-corrected chi connectivity index (χ1v) is 7.43. The van der Waals surface area contributed by atoms with E-state index in [1.54, 1.807) is 0 Å². The maximum absolute atomic E-state index is 12.2. The molecule has 2 rings (SSSR count). The van der Waals surface area contributed by atoms with E-state index in [1.165, 1.54) is 18.3 Å². The van der Waals surface area contributed by atoms with E-state index in [0.717, 1.165) is 18.2 Å². The van der Waals surface area contributed by atoms with Gasteiger partial charge in [0, 0.05) is 17.3 Å². The number of hydrogen-bond donors (Lipinski definition) is 3. The van der Waals surface area contributed by atoms with Crippen molar-refractivity contribution in [2.45, 2.75) is 4.90 Å². The number of anilines is 2. The lowest BCUT2D eigenvalue weighted by molar-refractivity contribution is 0.0697. The molecule has 21 heavy (non-hydrogen) atoms. The van der Waals surface area contributed by atoms with Crippen LogP contribution in [0, 0.1) is 0 Å². The lowest BCUT2D eigenvalue weighted by atomic mass is 10.2. The molecule has 0 unspecified atom stereocenters. The summed E-state index contributed by atoms with van der Waals surface area (Å²) in [5, 5.41) is 9.14. The van der Waals surface area contributed by atoms with Gasteiger partial charge in [-0.25, -0.2) is 18.2 Å². The molecule has 0 saturated carbocycles. The lowest BCUT2D eigenvalue weighted by Crippen LogP contribution is -2.16. The summed E-state index contributed by atoms with van der Waals surface area (Å²) in [7, 11) is -3.99. The standard InChI is InChI=1S/C12H10ClN3O4S/c13-8-3-4-15-11(6-8)16-21(19,20)10-2-1-7(12(17)18)5-9(10)14/h1-6H,14H2,(H,15,16)(H,17,18). The third-order valence-corrected chi connectivity index (χ3v) is 4.17. The van der Waals surface area contributed by atoms with Crippen molar-refractivity contribution in [1.82, 2.24) is 4.98 Å². The number of aromatic carboxylic acids is 1. The fourth-order valence-electron chi connectivity index (χ4n) is 1.58. The first-order valence-electron chi connectivity index (χ1n) is 5.57. The highest BCUT2D eigenvalue weighted by atomic mass is 35.5. The lowest BCUT2D eigenvalue weighted by Gasteiger charge is -2.10. The van der Waals surface area contributed by atoms with Crippen LogP contribution in [0.1, 0.15) is 10.4 Å². The summed E-state index contributed by atoms with van der Waals surface area (Å²) in [4.78, 5) is 14.4. The van der Waals surface area contributed by atoms with Crippen LogP contribution in [0.4, 0.5) is 11.5 Å². The average molecular weight is 328 g/mol. The van der Waals surface area contributed by atoms with Crippen LogP contribution in [0.5, 0.6) is 0 Å². The number of nitrogens with two attached hydrogens (primary N) is 1. The van der Waals surface area contributed by atoms with Gasteiger partial charge in [-0.3, -0.25) is 4.72 Å². The molecule has 0 aliphatic carbocycles. The van der Waals surface area contributed by atoms with E-state index < -0.39 is 16.0 Å². The maximum Gasteiger partial charge on any atom is 0.335 e. The van der Waals surface area contributed by atoms with E-state index in [-0.39, 0.29) is 22.0 Å². The molecule has 2 aromatic rings. The van der Waals surface area contributed by atoms with Crippen LogP contribution in [0.3, 0.4) is 0 Å². The Kier molecular flexibility index (Phi) is 4.01. The summed E-state index contributed by atoms with van der Waals surface area (Å²) in [5.74, 6) is -1.17. The first-order chi connectivity index (χ1) is 9.79. The van der Waals surface area contributed by atoms with Gasteiger partial charge in [0.1, 0.15) is 10.7 Å². The smallest absolute Gasteiger partial charge is 0.335 e. The monoisotopic (exact) mass is 327 g/mol. The molecule has 4 N–H and O–H groups in total. The number of carbonyl (C=O) groups is 1. The zero-order chi connectivity index (χ0) is 15.6. The summed E-state index contributed by atoms with van der Waals surface area (Å²) in [6.45, 7) is 0. The van der Waals surface area contributed by atoms with Crippen LogP contribution in [-0.2, 0) is 10.0 Å². The Bertz CT molecular complexity index is 808. The molecule has 0 atom stereocenters. The summed E-state index contributed by atoms with van der Waals surface area (Å²) in [6.07, 6.45) is 1.34. The van der Waals surface area contributed by atoms with Crippen molar-refractivity contribution in [3.05, 3.63) is 47.1 Å². The number of carboxylic acids is 1. The van der Waals surface area contributed by atoms with Gasteiger partial charge in [-0.05, 0) is 24.3 Å². The minimum Gasteiger partial charge on any atom is -0.478 e. The molecule has 0 spiro atoms. The molecule has 9 heteroatoms. The molecular weight excluding hydrogens is 318 g/mol. The molecular formula is C12H10ClN3O4S. The SMILES string of the molecule is Nc1cc(C(=O)O)ccc1S(=O)(=O)Nc1cc(Cl)ccn1. The number of nitrogens with one attached hydrogen (secondary N) is 1. The molecule has 1 heterocycles. The quantitative estimate of drug-likeness (QED) is 0.736. The van der Waals surface area contributed by atoms with Crippen molar-refractivity contribution in [1.29, 1.82) is 0 Å². The normalized spacial score (nSPS) is 11.1. The van der Waals surface area contributed by atoms with E-state index >= 15 is 0 Å². The second kappa shape index (κ2) is 5.58. The second-order valence-electron chi connectivity index (χ2n) is 4.02. The zero-order valence-corrected chi connectivity index (χ0v) is 12.0. The molecule has 0 saturated heterocycles. The van der Waals surface area contributed by atoms with E-state index in [9.17, 15) is 13.2 Å². The maximum atomic E-state index is 12.2. The molecule has 0 aliphatic rings. The van der Waals surface area contributed by atoms with Crippen molar-refractivity contribution >= 4 is 39.1 Å². The van der Waals surface area contributed by atoms with E-state index in [2.05, 4.69) is 9.71 Å². The average Bonchev–Trinajstić information content (AvgIpc) is 2.37. The predicted molar refractivity (Wildman–Crippen MR) is 77.9 cm³/mol. The number of pyridine rings is 1. The summed E-state index contributed by atoms with van der Waals surface area (Å²) >= 11 is 5.74. The molecule has 0 fully saturated rings. The molecule has 110 valence electrons. The van der Waals surface area contributed by atoms with Crippen molar-refractivity contribution in [3.63, 3.8) is 0 Å². The van der Waals surface area contributed by atoms with Crippen LogP contribution in [0.2, 0.25) is 5.02 Å². The summed E-state index contributed by atoms with van der Waals surface area (Å²) in [6, 6.07) is 6.17. The Morgan fingerprint density at radius 2 is 2.00 bits per heavy atom. The topological polar surface area (TPSA) is 122 Å². The third kappa shape index (κ3) is 3.41. The van der Waals surface area contributed by atoms with E-state index in [1.807, 2.05) is 0 Å². The molecule has 0 amide bonds. The number of sulfonamides is 1. The van der Waals surface area contributed by atoms with Crippen LogP contribution < -0.4 is 10.5 Å². The van der Waals surface area contributed by atoms with Gasteiger partial charge in [0.05, 0.1) is 11.3 Å². The molecule has 0 radical (unpaired) electrons. The van der Waals surface area contributed by atoms with Gasteiger partial charge < -0.3 is 10.8 Å². The van der Waals surface area contributed by atoms with Crippen LogP contribution in [-0.4, -0.2) is 24.5 Å². The first kappa shape index (κ1) is 15.1. The highest BCUT2D eigenvalue weighted by molar-refractivity contribution is 7.92. The fourth-order valence-corrected chi connectivity index (χ4v) is 2.85. The molecule has 7 nitrogen and oxygen atoms in total.